The van der Waals surface area contributed by atoms with Crippen LogP contribution in [0, 0.1) is 0 Å². The van der Waals surface area contributed by atoms with Crippen LogP contribution in [0.5, 0.6) is 0 Å². The quantitative estimate of drug-likeness (QED) is 0.539. The van der Waals surface area contributed by atoms with Crippen molar-refractivity contribution in [3.8, 4) is 0 Å². The van der Waals surface area contributed by atoms with Crippen LogP contribution in [-0.2, 0) is 0 Å². The molecular formula is C7H18N2O. The number of piperidine rings is 1. The minimum atomic E-state index is 1.25. The van der Waals surface area contributed by atoms with Crippen LogP contribution in [0.3, 0.4) is 0 Å². The van der Waals surface area contributed by atoms with Crippen LogP contribution < -0.4 is 5.90 Å². The van der Waals surface area contributed by atoms with Gasteiger partial charge in [0, 0.05) is 0 Å². The summed E-state index contributed by atoms with van der Waals surface area (Å²) >= 11 is 0. The minimum Gasteiger partial charge on any atom is -0.320 e. The van der Waals surface area contributed by atoms with E-state index in [0.717, 1.165) is 0 Å². The smallest absolute Gasteiger partial charge is 0.00188 e. The van der Waals surface area contributed by atoms with Gasteiger partial charge in [-0.05, 0) is 32.5 Å². The summed E-state index contributed by atoms with van der Waals surface area (Å²) in [4.78, 5) is 2.52. The maximum Gasteiger partial charge on any atom is -0.00188 e. The van der Waals surface area contributed by atoms with E-state index in [1.165, 1.54) is 38.9 Å². The molecule has 1 aliphatic rings. The molecule has 3 heteroatoms. The van der Waals surface area contributed by atoms with Crippen molar-refractivity contribution in [3.63, 3.8) is 0 Å². The largest absolute Gasteiger partial charge is 0.320 e. The molecule has 1 saturated heterocycles. The lowest BCUT2D eigenvalue weighted by Crippen LogP contribution is -2.29. The zero-order valence-corrected chi connectivity index (χ0v) is 6.71. The van der Waals surface area contributed by atoms with Gasteiger partial charge in [0.2, 0.25) is 0 Å². The topological polar surface area (TPSA) is 49.5 Å². The van der Waals surface area contributed by atoms with Crippen molar-refractivity contribution >= 4 is 0 Å². The minimum absolute atomic E-state index is 1.25. The molecule has 0 aromatic rings. The number of hydrogen-bond acceptors (Lipinski definition) is 3. The fourth-order valence-corrected chi connectivity index (χ4v) is 1.28. The van der Waals surface area contributed by atoms with Gasteiger partial charge in [-0.15, -0.1) is 0 Å². The Hall–Kier alpha value is -0.120. The summed E-state index contributed by atoms with van der Waals surface area (Å²) in [5.41, 5.74) is 0. The summed E-state index contributed by atoms with van der Waals surface area (Å²) in [6.07, 6.45) is 4.30. The molecule has 0 bridgehead atoms. The third-order valence-corrected chi connectivity index (χ3v) is 1.90. The average Bonchev–Trinajstić information content (AvgIpc) is 2.10. The maximum atomic E-state index is 6.50. The summed E-state index contributed by atoms with van der Waals surface area (Å²) < 4.78 is 0. The fourth-order valence-electron chi connectivity index (χ4n) is 1.28. The molecule has 1 rings (SSSR count). The van der Waals surface area contributed by atoms with Crippen LogP contribution in [-0.4, -0.2) is 29.7 Å². The molecule has 0 amide bonds. The highest BCUT2D eigenvalue weighted by atomic mass is 16.4. The van der Waals surface area contributed by atoms with Gasteiger partial charge in [-0.25, -0.2) is 5.90 Å². The Kier molecular flexibility index (Phi) is 6.91. The first kappa shape index (κ1) is 9.88. The van der Waals surface area contributed by atoms with E-state index in [-0.39, 0.29) is 0 Å². The Morgan fingerprint density at radius 1 is 1.20 bits per heavy atom. The second kappa shape index (κ2) is 6.99. The molecule has 3 N–H and O–H groups in total. The van der Waals surface area contributed by atoms with Crippen molar-refractivity contribution in [1.29, 1.82) is 0 Å². The van der Waals surface area contributed by atoms with Crippen LogP contribution in [0.25, 0.3) is 0 Å². The van der Waals surface area contributed by atoms with Gasteiger partial charge in [-0.1, -0.05) is 13.3 Å². The molecule has 1 fully saturated rings. The summed E-state index contributed by atoms with van der Waals surface area (Å²) in [6, 6.07) is 0. The van der Waals surface area contributed by atoms with E-state index >= 15 is 0 Å². The Balaban J connectivity index is 0.000000371. The van der Waals surface area contributed by atoms with Crippen LogP contribution in [0.1, 0.15) is 26.2 Å². The van der Waals surface area contributed by atoms with Crippen molar-refractivity contribution in [2.75, 3.05) is 19.6 Å². The Morgan fingerprint density at radius 2 is 1.70 bits per heavy atom. The highest BCUT2D eigenvalue weighted by molar-refractivity contribution is 4.61. The van der Waals surface area contributed by atoms with Gasteiger partial charge in [0.25, 0.3) is 0 Å². The molecule has 0 aliphatic carbocycles. The van der Waals surface area contributed by atoms with Crippen LogP contribution in [0.2, 0.25) is 0 Å². The third-order valence-electron chi connectivity index (χ3n) is 1.90. The molecule has 1 aliphatic heterocycles. The van der Waals surface area contributed by atoms with Crippen molar-refractivity contribution < 1.29 is 5.21 Å². The summed E-state index contributed by atoms with van der Waals surface area (Å²) in [5.74, 6) is 3.50. The maximum absolute atomic E-state index is 6.50. The number of nitrogens with two attached hydrogens (primary N) is 1. The monoisotopic (exact) mass is 146 g/mol. The molecule has 0 spiro atoms. The number of nitrogens with zero attached hydrogens (tertiary/aromatic N) is 1. The zero-order valence-electron chi connectivity index (χ0n) is 6.71. The molecule has 10 heavy (non-hydrogen) atoms. The third kappa shape index (κ3) is 3.82. The molecule has 0 aromatic carbocycles. The summed E-state index contributed by atoms with van der Waals surface area (Å²) in [7, 11) is 0. The molecule has 3 nitrogen and oxygen atoms in total. The van der Waals surface area contributed by atoms with E-state index in [1.54, 1.807) is 0 Å². The molecule has 62 valence electrons. The SMILES string of the molecule is CCN1CCCCC1.NO. The highest BCUT2D eigenvalue weighted by Crippen LogP contribution is 2.06. The second-order valence-electron chi connectivity index (χ2n) is 2.49. The number of likely N-dealkylation sites (tertiary alicyclic amines) is 1. The van der Waals surface area contributed by atoms with E-state index in [9.17, 15) is 0 Å². The predicted octanol–water partition coefficient (Wildman–Crippen LogP) is 0.827. The van der Waals surface area contributed by atoms with E-state index in [1.807, 2.05) is 0 Å². The van der Waals surface area contributed by atoms with Crippen molar-refractivity contribution in [2.24, 2.45) is 5.90 Å². The lowest BCUT2D eigenvalue weighted by atomic mass is 10.1. The number of rotatable bonds is 1. The number of hydrogen-bond donors (Lipinski definition) is 2. The Labute approximate surface area is 62.8 Å². The highest BCUT2D eigenvalue weighted by Gasteiger charge is 2.05. The normalized spacial score (nSPS) is 19.5. The van der Waals surface area contributed by atoms with Gasteiger partial charge < -0.3 is 10.1 Å². The molecule has 0 aromatic heterocycles. The van der Waals surface area contributed by atoms with E-state index in [4.69, 9.17) is 5.21 Å². The van der Waals surface area contributed by atoms with Crippen molar-refractivity contribution in [3.05, 3.63) is 0 Å². The van der Waals surface area contributed by atoms with Crippen LogP contribution >= 0.6 is 0 Å². The molecule has 0 atom stereocenters. The summed E-state index contributed by atoms with van der Waals surface area (Å²) in [6.45, 7) is 6.18. The molecule has 1 heterocycles. The van der Waals surface area contributed by atoms with Gasteiger partial charge in [-0.2, -0.15) is 0 Å². The van der Waals surface area contributed by atoms with Crippen molar-refractivity contribution in [2.45, 2.75) is 26.2 Å². The first-order valence-corrected chi connectivity index (χ1v) is 3.91. The lowest BCUT2D eigenvalue weighted by Gasteiger charge is -2.24. The zero-order chi connectivity index (χ0) is 7.82. The van der Waals surface area contributed by atoms with Crippen molar-refractivity contribution in [1.82, 2.24) is 4.90 Å². The second-order valence-corrected chi connectivity index (χ2v) is 2.49. The molecular weight excluding hydrogens is 128 g/mol. The summed E-state index contributed by atoms with van der Waals surface area (Å²) in [5, 5.41) is 6.50. The Bertz CT molecular complexity index is 62.6. The van der Waals surface area contributed by atoms with Gasteiger partial charge in [0.15, 0.2) is 0 Å². The fraction of sp³-hybridized carbons (Fsp3) is 1.00. The van der Waals surface area contributed by atoms with Crippen LogP contribution in [0.4, 0.5) is 0 Å². The van der Waals surface area contributed by atoms with Gasteiger partial charge in [0.05, 0.1) is 0 Å². The van der Waals surface area contributed by atoms with Gasteiger partial charge >= 0.3 is 0 Å². The average molecular weight is 146 g/mol. The molecule has 0 unspecified atom stereocenters. The van der Waals surface area contributed by atoms with Gasteiger partial charge in [-0.3, -0.25) is 0 Å². The standard InChI is InChI=1S/C7H15N.H3NO/c1-2-8-6-4-3-5-7-8;1-2/h2-7H2,1H3;2H,1H2. The van der Waals surface area contributed by atoms with Crippen LogP contribution in [0.15, 0.2) is 0 Å². The first-order valence-electron chi connectivity index (χ1n) is 3.91. The lowest BCUT2D eigenvalue weighted by molar-refractivity contribution is 0.240. The molecule has 0 saturated carbocycles. The van der Waals surface area contributed by atoms with E-state index in [2.05, 4.69) is 17.7 Å². The predicted molar refractivity (Wildman–Crippen MR) is 41.9 cm³/mol. The van der Waals surface area contributed by atoms with E-state index in [0.29, 0.717) is 0 Å². The molecule has 0 radical (unpaired) electrons. The first-order chi connectivity index (χ1) is 4.93. The Morgan fingerprint density at radius 3 is 2.00 bits per heavy atom. The van der Waals surface area contributed by atoms with E-state index < -0.39 is 0 Å². The van der Waals surface area contributed by atoms with Gasteiger partial charge in [0.1, 0.15) is 0 Å².